The Labute approximate surface area is 240 Å². The zero-order chi connectivity index (χ0) is 28.6. The predicted molar refractivity (Wildman–Crippen MR) is 154 cm³/mol. The molecule has 0 bridgehead atoms. The topological polar surface area (TPSA) is 84.9 Å². The largest absolute Gasteiger partial charge is 0.378 e. The van der Waals surface area contributed by atoms with E-state index in [1.165, 1.54) is 57.9 Å². The first kappa shape index (κ1) is 30.5. The van der Waals surface area contributed by atoms with Gasteiger partial charge in [0, 0.05) is 36.6 Å². The number of hydrogen-bond donors (Lipinski definition) is 3. The van der Waals surface area contributed by atoms with Crippen molar-refractivity contribution in [1.29, 1.82) is 0 Å². The van der Waals surface area contributed by atoms with Crippen molar-refractivity contribution >= 4 is 20.9 Å². The molecule has 0 aromatic rings. The highest BCUT2D eigenvalue weighted by atomic mass is 31.0. The monoisotopic (exact) mass is 582 g/mol. The third kappa shape index (κ3) is 6.64. The standard InChI is InChI=1S/C26H43F2N4O2P.C4H6O/c27-26(28,35)22-12-11-18(24(33)29-22)25(34)31-14-13-21-23-19(3-1-2-4-20(23)31)30-32(21)17-9-7-16(8-10-17)15-5-6-15;1-3-4(2)5/h15-24,29-30,33H,1-14,35H2;3H,1H2,2H3/t16?,17?,18?,19?,20-,21?,22?,23?,24?;/m0./s1. The van der Waals surface area contributed by atoms with Gasteiger partial charge >= 0.3 is 0 Å². The molecule has 226 valence electrons. The first-order valence-corrected chi connectivity index (χ1v) is 16.2. The normalized spacial score (nSPS) is 40.3. The number of hydrogen-bond acceptors (Lipinski definition) is 6. The highest BCUT2D eigenvalue weighted by Gasteiger charge is 2.54. The zero-order valence-corrected chi connectivity index (χ0v) is 25.1. The molecule has 7 nitrogen and oxygen atoms in total. The van der Waals surface area contributed by atoms with Crippen LogP contribution in [0.1, 0.15) is 90.4 Å². The number of ketones is 1. The van der Waals surface area contributed by atoms with E-state index in [0.717, 1.165) is 37.5 Å². The van der Waals surface area contributed by atoms with Crippen molar-refractivity contribution in [2.24, 2.45) is 23.7 Å². The molecule has 10 heteroatoms. The van der Waals surface area contributed by atoms with Gasteiger partial charge in [-0.25, -0.2) is 13.8 Å². The molecule has 3 N–H and O–H groups in total. The zero-order valence-electron chi connectivity index (χ0n) is 23.9. The van der Waals surface area contributed by atoms with Crippen molar-refractivity contribution in [2.45, 2.75) is 132 Å². The summed E-state index contributed by atoms with van der Waals surface area (Å²) in [6.07, 6.45) is 14.2. The van der Waals surface area contributed by atoms with Crippen LogP contribution in [0.4, 0.5) is 8.78 Å². The maximum absolute atomic E-state index is 13.8. The van der Waals surface area contributed by atoms with Gasteiger partial charge in [0.05, 0.1) is 12.0 Å². The summed E-state index contributed by atoms with van der Waals surface area (Å²) in [7, 11) is 1.56. The van der Waals surface area contributed by atoms with Crippen molar-refractivity contribution in [3.05, 3.63) is 12.7 Å². The molecule has 8 atom stereocenters. The number of aliphatic hydroxyl groups excluding tert-OH is 1. The SMILES string of the molecule is C=CC(C)=O.O=C(C1CCC(C(F)(F)P)NC1O)N1CCC2C3C(CCCC[C@@H]31)NN2C1CCC(C2CC2)CC1. The Balaban J connectivity index is 0.000000595. The van der Waals surface area contributed by atoms with Crippen LogP contribution in [-0.2, 0) is 9.59 Å². The number of hydrazine groups is 1. The van der Waals surface area contributed by atoms with Crippen LogP contribution < -0.4 is 10.7 Å². The van der Waals surface area contributed by atoms with Gasteiger partial charge in [-0.3, -0.25) is 20.3 Å². The molecule has 1 amide bonds. The number of allylic oxidation sites excluding steroid dienone is 1. The molecule has 40 heavy (non-hydrogen) atoms. The Morgan fingerprint density at radius 1 is 0.950 bits per heavy atom. The van der Waals surface area contributed by atoms with Crippen LogP contribution in [-0.4, -0.2) is 75.4 Å². The average Bonchev–Trinajstić information content (AvgIpc) is 3.74. The van der Waals surface area contributed by atoms with Gasteiger partial charge in [0.1, 0.15) is 6.23 Å². The van der Waals surface area contributed by atoms with E-state index < -0.39 is 23.9 Å². The molecule has 3 saturated carbocycles. The van der Waals surface area contributed by atoms with Gasteiger partial charge in [-0.1, -0.05) is 28.7 Å². The van der Waals surface area contributed by atoms with Gasteiger partial charge in [-0.05, 0) is 95.5 Å². The summed E-state index contributed by atoms with van der Waals surface area (Å²) >= 11 is 0. The second-order valence-electron chi connectivity index (χ2n) is 13.2. The fourth-order valence-electron chi connectivity index (χ4n) is 8.40. The number of carbonyl (C=O) groups is 2. The summed E-state index contributed by atoms with van der Waals surface area (Å²) in [5.41, 5.74) is 0.964. The maximum atomic E-state index is 13.8. The van der Waals surface area contributed by atoms with Crippen LogP contribution in [0.15, 0.2) is 12.7 Å². The Kier molecular flexibility index (Phi) is 9.68. The third-order valence-electron chi connectivity index (χ3n) is 10.7. The summed E-state index contributed by atoms with van der Waals surface area (Å²) < 4.78 is 27.5. The molecule has 3 heterocycles. The van der Waals surface area contributed by atoms with Gasteiger partial charge < -0.3 is 10.0 Å². The first-order chi connectivity index (χ1) is 19.1. The van der Waals surface area contributed by atoms with Crippen LogP contribution in [0, 0.1) is 23.7 Å². The molecule has 0 radical (unpaired) electrons. The number of aliphatic hydroxyl groups is 1. The van der Waals surface area contributed by atoms with Crippen LogP contribution in [0.25, 0.3) is 0 Å². The molecule has 6 aliphatic rings. The fourth-order valence-corrected chi connectivity index (χ4v) is 8.67. The molecule has 0 aromatic heterocycles. The smallest absolute Gasteiger partial charge is 0.273 e. The van der Waals surface area contributed by atoms with E-state index in [9.17, 15) is 23.5 Å². The lowest BCUT2D eigenvalue weighted by atomic mass is 9.78. The van der Waals surface area contributed by atoms with E-state index >= 15 is 0 Å². The number of piperidine rings is 2. The van der Waals surface area contributed by atoms with E-state index in [4.69, 9.17) is 0 Å². The van der Waals surface area contributed by atoms with E-state index in [1.54, 1.807) is 9.24 Å². The molecule has 3 saturated heterocycles. The number of nitrogens with one attached hydrogen (secondary N) is 2. The minimum Gasteiger partial charge on any atom is -0.378 e. The number of carbonyl (C=O) groups excluding carboxylic acids is 2. The molecular formula is C30H49F2N4O3P. The van der Waals surface area contributed by atoms with Crippen molar-refractivity contribution in [2.75, 3.05) is 6.54 Å². The van der Waals surface area contributed by atoms with Gasteiger partial charge in [-0.2, -0.15) is 0 Å². The minimum absolute atomic E-state index is 0.0185. The van der Waals surface area contributed by atoms with Crippen LogP contribution in [0.5, 0.6) is 0 Å². The maximum Gasteiger partial charge on any atom is 0.273 e. The number of rotatable bonds is 5. The van der Waals surface area contributed by atoms with E-state index in [1.807, 2.05) is 4.90 Å². The van der Waals surface area contributed by atoms with E-state index in [2.05, 4.69) is 22.3 Å². The molecule has 6 fully saturated rings. The lowest BCUT2D eigenvalue weighted by Crippen LogP contribution is -2.61. The van der Waals surface area contributed by atoms with Crippen LogP contribution >= 0.6 is 9.24 Å². The summed E-state index contributed by atoms with van der Waals surface area (Å²) in [5, 5.41) is 15.9. The number of halogens is 2. The van der Waals surface area contributed by atoms with Crippen LogP contribution in [0.3, 0.4) is 0 Å². The molecule has 7 unspecified atom stereocenters. The molecule has 3 aliphatic carbocycles. The number of alkyl halides is 2. The van der Waals surface area contributed by atoms with Crippen molar-refractivity contribution in [1.82, 2.24) is 20.7 Å². The highest BCUT2D eigenvalue weighted by Crippen LogP contribution is 2.47. The second-order valence-corrected chi connectivity index (χ2v) is 14.0. The Hall–Kier alpha value is -0.990. The molecule has 3 aliphatic heterocycles. The van der Waals surface area contributed by atoms with E-state index in [0.29, 0.717) is 37.0 Å². The Bertz CT molecular complexity index is 923. The van der Waals surface area contributed by atoms with Crippen molar-refractivity contribution in [3.8, 4) is 0 Å². The summed E-state index contributed by atoms with van der Waals surface area (Å²) in [6.45, 7) is 5.38. The predicted octanol–water partition coefficient (Wildman–Crippen LogP) is 4.22. The van der Waals surface area contributed by atoms with Gasteiger partial charge in [-0.15, -0.1) is 0 Å². The summed E-state index contributed by atoms with van der Waals surface area (Å²) in [5.74, 6) is 1.73. The third-order valence-corrected chi connectivity index (χ3v) is 11.1. The second kappa shape index (κ2) is 12.7. The van der Waals surface area contributed by atoms with E-state index in [-0.39, 0.29) is 24.2 Å². The quantitative estimate of drug-likeness (QED) is 0.333. The Morgan fingerprint density at radius 3 is 2.15 bits per heavy atom. The average molecular weight is 583 g/mol. The molecule has 6 rings (SSSR count). The number of amides is 1. The fraction of sp³-hybridized carbons (Fsp3) is 0.867. The van der Waals surface area contributed by atoms with Gasteiger partial charge in [0.25, 0.3) is 5.66 Å². The lowest BCUT2D eigenvalue weighted by molar-refractivity contribution is -0.150. The molecule has 0 spiro atoms. The van der Waals surface area contributed by atoms with Crippen molar-refractivity contribution in [3.63, 3.8) is 0 Å². The van der Waals surface area contributed by atoms with Gasteiger partial charge in [0.2, 0.25) is 5.91 Å². The lowest BCUT2D eigenvalue weighted by Gasteiger charge is -2.48. The Morgan fingerprint density at radius 2 is 1.57 bits per heavy atom. The summed E-state index contributed by atoms with van der Waals surface area (Å²) in [4.78, 5) is 25.4. The number of nitrogens with zero attached hydrogens (tertiary/aromatic N) is 2. The highest BCUT2D eigenvalue weighted by molar-refractivity contribution is 7.18. The van der Waals surface area contributed by atoms with Crippen LogP contribution in [0.2, 0.25) is 0 Å². The molecular weight excluding hydrogens is 533 g/mol. The minimum atomic E-state index is -2.99. The number of likely N-dealkylation sites (tertiary alicyclic amines) is 1. The molecule has 0 aromatic carbocycles. The van der Waals surface area contributed by atoms with Gasteiger partial charge in [0.15, 0.2) is 5.78 Å². The van der Waals surface area contributed by atoms with Crippen molar-refractivity contribution < 1.29 is 23.5 Å². The summed E-state index contributed by atoms with van der Waals surface area (Å²) in [6, 6.07) is 0.576. The first-order valence-electron chi connectivity index (χ1n) is 15.7.